The zero-order valence-electron chi connectivity index (χ0n) is 8.19. The van der Waals surface area contributed by atoms with E-state index in [4.69, 9.17) is 10.8 Å². The van der Waals surface area contributed by atoms with Gasteiger partial charge >= 0.3 is 5.97 Å². The number of anilines is 1. The number of carbonyl (C=O) groups is 1. The fraction of sp³-hybridized carbons (Fsp3) is 0.125. The average Bonchev–Trinajstić information content (AvgIpc) is 2.20. The van der Waals surface area contributed by atoms with Crippen molar-refractivity contribution in [1.82, 2.24) is 4.72 Å². The highest BCUT2D eigenvalue weighted by Crippen LogP contribution is 2.27. The summed E-state index contributed by atoms with van der Waals surface area (Å²) in [5.74, 6) is -1.29. The molecule has 0 bridgehead atoms. The van der Waals surface area contributed by atoms with Crippen LogP contribution in [-0.2, 0) is 10.0 Å². The Kier molecular flexibility index (Phi) is 3.56. The lowest BCUT2D eigenvalue weighted by Gasteiger charge is -2.09. The van der Waals surface area contributed by atoms with Gasteiger partial charge in [-0.2, -0.15) is 0 Å². The number of hydrogen-bond donors (Lipinski definition) is 3. The number of halogens is 1. The van der Waals surface area contributed by atoms with Crippen molar-refractivity contribution in [2.75, 3.05) is 12.8 Å². The number of carboxylic acid groups (broad SMARTS) is 1. The molecule has 0 aromatic heterocycles. The van der Waals surface area contributed by atoms with Crippen LogP contribution in [0.15, 0.2) is 21.5 Å². The van der Waals surface area contributed by atoms with Crippen LogP contribution in [-0.4, -0.2) is 26.5 Å². The van der Waals surface area contributed by atoms with E-state index in [1.54, 1.807) is 0 Å². The zero-order valence-corrected chi connectivity index (χ0v) is 10.6. The molecule has 0 aliphatic rings. The number of nitrogens with one attached hydrogen (secondary N) is 1. The molecule has 0 aliphatic carbocycles. The van der Waals surface area contributed by atoms with E-state index in [1.165, 1.54) is 19.2 Å². The van der Waals surface area contributed by atoms with E-state index in [9.17, 15) is 13.2 Å². The molecular formula is C8H9BrN2O4S. The van der Waals surface area contributed by atoms with Crippen molar-refractivity contribution < 1.29 is 18.3 Å². The number of rotatable bonds is 3. The van der Waals surface area contributed by atoms with E-state index in [0.717, 1.165) is 0 Å². The van der Waals surface area contributed by atoms with Gasteiger partial charge in [-0.3, -0.25) is 0 Å². The fourth-order valence-corrected chi connectivity index (χ4v) is 2.61. The van der Waals surface area contributed by atoms with E-state index in [0.29, 0.717) is 4.47 Å². The van der Waals surface area contributed by atoms with Crippen molar-refractivity contribution in [3.63, 3.8) is 0 Å². The minimum Gasteiger partial charge on any atom is -0.478 e. The Labute approximate surface area is 101 Å². The van der Waals surface area contributed by atoms with Crippen molar-refractivity contribution in [2.24, 2.45) is 0 Å². The van der Waals surface area contributed by atoms with Crippen LogP contribution in [0, 0.1) is 0 Å². The quantitative estimate of drug-likeness (QED) is 0.710. The van der Waals surface area contributed by atoms with E-state index in [1.807, 2.05) is 0 Å². The summed E-state index contributed by atoms with van der Waals surface area (Å²) >= 11 is 3.03. The normalized spacial score (nSPS) is 11.4. The van der Waals surface area contributed by atoms with Crippen LogP contribution < -0.4 is 10.5 Å². The summed E-state index contributed by atoms with van der Waals surface area (Å²) in [4.78, 5) is 10.6. The molecule has 0 radical (unpaired) electrons. The van der Waals surface area contributed by atoms with Crippen LogP contribution in [0.2, 0.25) is 0 Å². The monoisotopic (exact) mass is 308 g/mol. The van der Waals surface area contributed by atoms with Crippen LogP contribution in [0.1, 0.15) is 10.4 Å². The molecule has 1 aromatic rings. The molecule has 88 valence electrons. The van der Waals surface area contributed by atoms with Gasteiger partial charge in [0.15, 0.2) is 0 Å². The van der Waals surface area contributed by atoms with Gasteiger partial charge in [0.1, 0.15) is 4.90 Å². The Morgan fingerprint density at radius 3 is 2.50 bits per heavy atom. The lowest BCUT2D eigenvalue weighted by molar-refractivity contribution is 0.0698. The highest BCUT2D eigenvalue weighted by Gasteiger charge is 2.21. The third-order valence-electron chi connectivity index (χ3n) is 1.90. The Morgan fingerprint density at radius 1 is 1.50 bits per heavy atom. The maximum absolute atomic E-state index is 11.5. The minimum absolute atomic E-state index is 0.261. The Balaban J connectivity index is 3.60. The third kappa shape index (κ3) is 2.34. The number of nitrogen functional groups attached to an aromatic ring is 1. The SMILES string of the molecule is CNS(=O)(=O)c1cc(Br)cc(C(=O)O)c1N. The first-order valence-electron chi connectivity index (χ1n) is 4.05. The first-order chi connectivity index (χ1) is 7.29. The summed E-state index contributed by atoms with van der Waals surface area (Å²) in [7, 11) is -2.56. The molecule has 0 unspecified atom stereocenters. The third-order valence-corrected chi connectivity index (χ3v) is 3.81. The van der Waals surface area contributed by atoms with Gasteiger partial charge in [-0.25, -0.2) is 17.9 Å². The summed E-state index contributed by atoms with van der Waals surface area (Å²) in [6.07, 6.45) is 0. The fourth-order valence-electron chi connectivity index (χ4n) is 1.10. The van der Waals surface area contributed by atoms with E-state index in [2.05, 4.69) is 20.7 Å². The molecule has 1 rings (SSSR count). The van der Waals surface area contributed by atoms with Crippen molar-refractivity contribution in [1.29, 1.82) is 0 Å². The summed E-state index contributed by atoms with van der Waals surface area (Å²) in [5, 5.41) is 8.84. The lowest BCUT2D eigenvalue weighted by Crippen LogP contribution is -2.21. The molecule has 0 heterocycles. The second kappa shape index (κ2) is 4.40. The van der Waals surface area contributed by atoms with Crippen LogP contribution >= 0.6 is 15.9 Å². The van der Waals surface area contributed by atoms with E-state index >= 15 is 0 Å². The summed E-state index contributed by atoms with van der Waals surface area (Å²) < 4.78 is 25.5. The molecule has 6 nitrogen and oxygen atoms in total. The van der Waals surface area contributed by atoms with Gasteiger partial charge in [0, 0.05) is 4.47 Å². The molecule has 0 saturated heterocycles. The van der Waals surface area contributed by atoms with Crippen molar-refractivity contribution in [3.05, 3.63) is 22.2 Å². The molecule has 0 saturated carbocycles. The molecule has 0 amide bonds. The largest absolute Gasteiger partial charge is 0.478 e. The molecule has 0 atom stereocenters. The first kappa shape index (κ1) is 12.9. The highest BCUT2D eigenvalue weighted by atomic mass is 79.9. The molecule has 16 heavy (non-hydrogen) atoms. The van der Waals surface area contributed by atoms with E-state index < -0.39 is 16.0 Å². The van der Waals surface area contributed by atoms with E-state index in [-0.39, 0.29) is 16.1 Å². The Bertz CT molecular complexity index is 541. The predicted octanol–water partition coefficient (Wildman–Crippen LogP) is 0.638. The Hall–Kier alpha value is -1.12. The standard InChI is InChI=1S/C8H9BrN2O4S/c1-11-16(14,15)6-3-4(9)2-5(7(6)10)8(12)13/h2-3,11H,10H2,1H3,(H,12,13). The molecule has 0 fully saturated rings. The number of aromatic carboxylic acids is 1. The van der Waals surface area contributed by atoms with Crippen LogP contribution in [0.5, 0.6) is 0 Å². The average molecular weight is 309 g/mol. The van der Waals surface area contributed by atoms with Gasteiger partial charge in [-0.05, 0) is 19.2 Å². The molecule has 1 aromatic carbocycles. The van der Waals surface area contributed by atoms with Crippen molar-refractivity contribution in [3.8, 4) is 0 Å². The van der Waals surface area contributed by atoms with Gasteiger partial charge < -0.3 is 10.8 Å². The lowest BCUT2D eigenvalue weighted by atomic mass is 10.2. The molecule has 8 heteroatoms. The maximum atomic E-state index is 11.5. The number of sulfonamides is 1. The summed E-state index contributed by atoms with van der Waals surface area (Å²) in [6.45, 7) is 0. The molecule has 0 aliphatic heterocycles. The number of hydrogen-bond acceptors (Lipinski definition) is 4. The highest BCUT2D eigenvalue weighted by molar-refractivity contribution is 9.10. The molecular weight excluding hydrogens is 300 g/mol. The van der Waals surface area contributed by atoms with Gasteiger partial charge in [0.05, 0.1) is 11.3 Å². The first-order valence-corrected chi connectivity index (χ1v) is 6.33. The second-order valence-electron chi connectivity index (χ2n) is 2.88. The molecule has 4 N–H and O–H groups in total. The van der Waals surface area contributed by atoms with Crippen LogP contribution in [0.25, 0.3) is 0 Å². The van der Waals surface area contributed by atoms with Crippen molar-refractivity contribution in [2.45, 2.75) is 4.90 Å². The molecule has 0 spiro atoms. The van der Waals surface area contributed by atoms with Crippen molar-refractivity contribution >= 4 is 37.6 Å². The topological polar surface area (TPSA) is 109 Å². The number of carboxylic acids is 1. The smallest absolute Gasteiger partial charge is 0.337 e. The summed E-state index contributed by atoms with van der Waals surface area (Å²) in [5.41, 5.74) is 4.95. The van der Waals surface area contributed by atoms with Gasteiger partial charge in [0.25, 0.3) is 0 Å². The van der Waals surface area contributed by atoms with Gasteiger partial charge in [-0.15, -0.1) is 0 Å². The van der Waals surface area contributed by atoms with Gasteiger partial charge in [0.2, 0.25) is 10.0 Å². The zero-order chi connectivity index (χ0) is 12.5. The predicted molar refractivity (Wildman–Crippen MR) is 61.8 cm³/mol. The number of benzene rings is 1. The van der Waals surface area contributed by atoms with Crippen LogP contribution in [0.3, 0.4) is 0 Å². The summed E-state index contributed by atoms with van der Waals surface area (Å²) in [6, 6.07) is 2.49. The minimum atomic E-state index is -3.78. The van der Waals surface area contributed by atoms with Gasteiger partial charge in [-0.1, -0.05) is 15.9 Å². The Morgan fingerprint density at radius 2 is 2.06 bits per heavy atom. The second-order valence-corrected chi connectivity index (χ2v) is 5.65. The number of nitrogens with two attached hydrogens (primary N) is 1. The van der Waals surface area contributed by atoms with Crippen LogP contribution in [0.4, 0.5) is 5.69 Å². The maximum Gasteiger partial charge on any atom is 0.337 e.